The predicted molar refractivity (Wildman–Crippen MR) is 78.1 cm³/mol. The third kappa shape index (κ3) is 3.69. The quantitative estimate of drug-likeness (QED) is 0.808. The summed E-state index contributed by atoms with van der Waals surface area (Å²) in [5, 5.41) is 7.26. The van der Waals surface area contributed by atoms with Gasteiger partial charge < -0.3 is 15.5 Å². The van der Waals surface area contributed by atoms with E-state index in [9.17, 15) is 4.79 Å². The zero-order chi connectivity index (χ0) is 13.8. The SMILES string of the molecule is CC(NC1CCCC1C1CCCCN1)C(=O)N(C)C. The molecule has 4 atom stereocenters. The first kappa shape index (κ1) is 14.8. The van der Waals surface area contributed by atoms with Crippen molar-refractivity contribution in [3.05, 3.63) is 0 Å². The molecule has 1 aliphatic carbocycles. The van der Waals surface area contributed by atoms with Crippen molar-refractivity contribution in [2.24, 2.45) is 5.92 Å². The van der Waals surface area contributed by atoms with Crippen molar-refractivity contribution in [3.8, 4) is 0 Å². The van der Waals surface area contributed by atoms with Gasteiger partial charge in [0.1, 0.15) is 0 Å². The Morgan fingerprint density at radius 3 is 2.63 bits per heavy atom. The first-order chi connectivity index (χ1) is 9.09. The van der Waals surface area contributed by atoms with Crippen LogP contribution < -0.4 is 10.6 Å². The third-order valence-corrected chi connectivity index (χ3v) is 4.71. The van der Waals surface area contributed by atoms with Crippen LogP contribution in [0.25, 0.3) is 0 Å². The van der Waals surface area contributed by atoms with Crippen molar-refractivity contribution in [1.82, 2.24) is 15.5 Å². The van der Waals surface area contributed by atoms with Gasteiger partial charge in [-0.1, -0.05) is 12.8 Å². The fourth-order valence-corrected chi connectivity index (χ4v) is 3.70. The van der Waals surface area contributed by atoms with Gasteiger partial charge in [0.15, 0.2) is 0 Å². The van der Waals surface area contributed by atoms with Gasteiger partial charge in [-0.05, 0) is 45.1 Å². The van der Waals surface area contributed by atoms with Crippen molar-refractivity contribution >= 4 is 5.91 Å². The molecule has 0 aromatic heterocycles. The number of likely N-dealkylation sites (N-methyl/N-ethyl adjacent to an activating group) is 1. The van der Waals surface area contributed by atoms with E-state index in [0.717, 1.165) is 0 Å². The monoisotopic (exact) mass is 267 g/mol. The van der Waals surface area contributed by atoms with Gasteiger partial charge in [-0.3, -0.25) is 4.79 Å². The molecule has 1 saturated heterocycles. The number of carbonyl (C=O) groups is 1. The second-order valence-corrected chi connectivity index (χ2v) is 6.38. The van der Waals surface area contributed by atoms with E-state index in [1.807, 2.05) is 21.0 Å². The summed E-state index contributed by atoms with van der Waals surface area (Å²) in [5.41, 5.74) is 0. The number of nitrogens with one attached hydrogen (secondary N) is 2. The van der Waals surface area contributed by atoms with Crippen molar-refractivity contribution in [1.29, 1.82) is 0 Å². The van der Waals surface area contributed by atoms with Gasteiger partial charge in [0.25, 0.3) is 0 Å². The first-order valence-corrected chi connectivity index (χ1v) is 7.80. The summed E-state index contributed by atoms with van der Waals surface area (Å²) in [6.07, 6.45) is 7.79. The molecule has 4 heteroatoms. The zero-order valence-electron chi connectivity index (χ0n) is 12.6. The molecule has 2 fully saturated rings. The van der Waals surface area contributed by atoms with E-state index in [0.29, 0.717) is 18.0 Å². The van der Waals surface area contributed by atoms with Crippen LogP contribution in [0.3, 0.4) is 0 Å². The van der Waals surface area contributed by atoms with E-state index in [1.165, 1.54) is 45.1 Å². The van der Waals surface area contributed by atoms with Gasteiger partial charge in [0.05, 0.1) is 6.04 Å². The van der Waals surface area contributed by atoms with Crippen molar-refractivity contribution in [2.45, 2.75) is 63.6 Å². The Bertz CT molecular complexity index is 300. The second kappa shape index (κ2) is 6.71. The highest BCUT2D eigenvalue weighted by molar-refractivity contribution is 5.80. The summed E-state index contributed by atoms with van der Waals surface area (Å²) in [6.45, 7) is 3.16. The fourth-order valence-electron chi connectivity index (χ4n) is 3.70. The Morgan fingerprint density at radius 2 is 2.00 bits per heavy atom. The van der Waals surface area contributed by atoms with Gasteiger partial charge >= 0.3 is 0 Å². The van der Waals surface area contributed by atoms with Crippen molar-refractivity contribution in [3.63, 3.8) is 0 Å². The minimum absolute atomic E-state index is 0.0656. The van der Waals surface area contributed by atoms with Gasteiger partial charge in [0.2, 0.25) is 5.91 Å². The Labute approximate surface area is 117 Å². The lowest BCUT2D eigenvalue weighted by atomic mass is 9.88. The summed E-state index contributed by atoms with van der Waals surface area (Å²) >= 11 is 0. The van der Waals surface area contributed by atoms with Crippen LogP contribution in [0.15, 0.2) is 0 Å². The average Bonchev–Trinajstić information content (AvgIpc) is 2.86. The van der Waals surface area contributed by atoms with Gasteiger partial charge in [-0.15, -0.1) is 0 Å². The van der Waals surface area contributed by atoms with Gasteiger partial charge in [0, 0.05) is 26.2 Å². The number of piperidine rings is 1. The maximum absolute atomic E-state index is 12.0. The maximum Gasteiger partial charge on any atom is 0.238 e. The number of hydrogen-bond donors (Lipinski definition) is 2. The van der Waals surface area contributed by atoms with Crippen LogP contribution in [0, 0.1) is 5.92 Å². The standard InChI is InChI=1S/C15H29N3O/c1-11(15(19)18(2)3)17-14-9-6-7-12(14)13-8-4-5-10-16-13/h11-14,16-17H,4-10H2,1-3H3. The fraction of sp³-hybridized carbons (Fsp3) is 0.933. The predicted octanol–water partition coefficient (Wildman–Crippen LogP) is 1.36. The molecule has 2 N–H and O–H groups in total. The van der Waals surface area contributed by atoms with Crippen LogP contribution in [-0.4, -0.2) is 49.6 Å². The lowest BCUT2D eigenvalue weighted by Crippen LogP contribution is -2.52. The molecule has 4 unspecified atom stereocenters. The van der Waals surface area contributed by atoms with Crippen LogP contribution in [0.1, 0.15) is 45.4 Å². The smallest absolute Gasteiger partial charge is 0.238 e. The van der Waals surface area contributed by atoms with Crippen LogP contribution in [0.2, 0.25) is 0 Å². The molecule has 0 bridgehead atoms. The Balaban J connectivity index is 1.89. The zero-order valence-corrected chi connectivity index (χ0v) is 12.6. The normalized spacial score (nSPS) is 33.1. The molecular formula is C15H29N3O. The molecule has 0 spiro atoms. The molecule has 0 aromatic rings. The molecule has 1 aliphatic heterocycles. The summed E-state index contributed by atoms with van der Waals surface area (Å²) < 4.78 is 0. The van der Waals surface area contributed by atoms with Crippen molar-refractivity contribution < 1.29 is 4.79 Å². The molecule has 1 amide bonds. The lowest BCUT2D eigenvalue weighted by molar-refractivity contribution is -0.130. The number of carbonyl (C=O) groups excluding carboxylic acids is 1. The van der Waals surface area contributed by atoms with Crippen LogP contribution in [0.5, 0.6) is 0 Å². The molecule has 1 saturated carbocycles. The molecule has 110 valence electrons. The molecule has 19 heavy (non-hydrogen) atoms. The minimum Gasteiger partial charge on any atom is -0.347 e. The average molecular weight is 267 g/mol. The highest BCUT2D eigenvalue weighted by Gasteiger charge is 2.35. The maximum atomic E-state index is 12.0. The number of amides is 1. The van der Waals surface area contributed by atoms with E-state index in [-0.39, 0.29) is 11.9 Å². The van der Waals surface area contributed by atoms with Crippen LogP contribution >= 0.6 is 0 Å². The van der Waals surface area contributed by atoms with E-state index in [1.54, 1.807) is 4.90 Å². The number of rotatable bonds is 4. The minimum atomic E-state index is -0.0656. The largest absolute Gasteiger partial charge is 0.347 e. The number of nitrogens with zero attached hydrogens (tertiary/aromatic N) is 1. The Kier molecular flexibility index (Phi) is 5.22. The summed E-state index contributed by atoms with van der Waals surface area (Å²) in [6, 6.07) is 1.11. The molecule has 0 radical (unpaired) electrons. The van der Waals surface area contributed by atoms with Gasteiger partial charge in [-0.2, -0.15) is 0 Å². The first-order valence-electron chi connectivity index (χ1n) is 7.80. The molecule has 2 aliphatic rings. The van der Waals surface area contributed by atoms with E-state index in [2.05, 4.69) is 10.6 Å². The van der Waals surface area contributed by atoms with E-state index >= 15 is 0 Å². The highest BCUT2D eigenvalue weighted by atomic mass is 16.2. The van der Waals surface area contributed by atoms with Gasteiger partial charge in [-0.25, -0.2) is 0 Å². The Hall–Kier alpha value is -0.610. The second-order valence-electron chi connectivity index (χ2n) is 6.38. The molecule has 4 nitrogen and oxygen atoms in total. The molecule has 0 aromatic carbocycles. The topological polar surface area (TPSA) is 44.4 Å². The third-order valence-electron chi connectivity index (χ3n) is 4.71. The highest BCUT2D eigenvalue weighted by Crippen LogP contribution is 2.32. The van der Waals surface area contributed by atoms with E-state index < -0.39 is 0 Å². The molecule has 1 heterocycles. The Morgan fingerprint density at radius 1 is 1.21 bits per heavy atom. The van der Waals surface area contributed by atoms with Crippen molar-refractivity contribution in [2.75, 3.05) is 20.6 Å². The van der Waals surface area contributed by atoms with Crippen LogP contribution in [-0.2, 0) is 4.79 Å². The molecule has 2 rings (SSSR count). The molecular weight excluding hydrogens is 238 g/mol. The summed E-state index contributed by atoms with van der Waals surface area (Å²) in [7, 11) is 3.66. The van der Waals surface area contributed by atoms with Crippen LogP contribution in [0.4, 0.5) is 0 Å². The summed E-state index contributed by atoms with van der Waals surface area (Å²) in [4.78, 5) is 13.6. The number of hydrogen-bond acceptors (Lipinski definition) is 3. The lowest BCUT2D eigenvalue weighted by Gasteiger charge is -2.34. The van der Waals surface area contributed by atoms with E-state index in [4.69, 9.17) is 0 Å². The summed E-state index contributed by atoms with van der Waals surface area (Å²) in [5.74, 6) is 0.889.